The summed E-state index contributed by atoms with van der Waals surface area (Å²) in [7, 11) is 0. The number of carbonyl (C=O) groups excluding carboxylic acids is 1. The highest BCUT2D eigenvalue weighted by molar-refractivity contribution is 5.85. The van der Waals surface area contributed by atoms with Crippen LogP contribution in [0.15, 0.2) is 30.5 Å². The van der Waals surface area contributed by atoms with Gasteiger partial charge in [0.1, 0.15) is 0 Å². The normalized spacial score (nSPS) is 12.9. The highest BCUT2D eigenvalue weighted by Gasteiger charge is 2.29. The van der Waals surface area contributed by atoms with Gasteiger partial charge in [0.2, 0.25) is 11.5 Å². The summed E-state index contributed by atoms with van der Waals surface area (Å²) in [5, 5.41) is 15.6. The van der Waals surface area contributed by atoms with Crippen LogP contribution in [0.1, 0.15) is 25.1 Å². The van der Waals surface area contributed by atoms with Gasteiger partial charge in [-0.15, -0.1) is 0 Å². The Morgan fingerprint density at radius 3 is 2.89 bits per heavy atom. The summed E-state index contributed by atoms with van der Waals surface area (Å²) in [6, 6.07) is 7.18. The number of nitrogens with zero attached hydrogens (tertiary/aromatic N) is 4. The number of nitrogens with two attached hydrogens (primary N) is 1. The smallest absolute Gasteiger partial charge is 0.350 e. The summed E-state index contributed by atoms with van der Waals surface area (Å²) < 4.78 is 6.48. The molecule has 27 heavy (non-hydrogen) atoms. The van der Waals surface area contributed by atoms with Gasteiger partial charge in [0.15, 0.2) is 5.82 Å². The molecule has 0 saturated heterocycles. The van der Waals surface area contributed by atoms with Crippen molar-refractivity contribution in [3.63, 3.8) is 0 Å². The van der Waals surface area contributed by atoms with E-state index >= 15 is 0 Å². The Hall–Kier alpha value is -3.44. The molecule has 2 aromatic heterocycles. The van der Waals surface area contributed by atoms with Gasteiger partial charge in [-0.1, -0.05) is 11.8 Å². The predicted molar refractivity (Wildman–Crippen MR) is 99.9 cm³/mol. The number of hydrogen-bond acceptors (Lipinski definition) is 7. The lowest BCUT2D eigenvalue weighted by Crippen LogP contribution is -2.35. The van der Waals surface area contributed by atoms with E-state index in [2.05, 4.69) is 26.9 Å². The summed E-state index contributed by atoms with van der Waals surface area (Å²) in [4.78, 5) is 19.8. The molecule has 0 aliphatic rings. The first-order chi connectivity index (χ1) is 12.8. The Balaban J connectivity index is 2.05. The van der Waals surface area contributed by atoms with E-state index in [1.807, 2.05) is 19.1 Å². The van der Waals surface area contributed by atoms with E-state index in [4.69, 9.17) is 10.5 Å². The second kappa shape index (κ2) is 7.05. The lowest BCUT2D eigenvalue weighted by atomic mass is 10.1. The number of benzene rings is 1. The summed E-state index contributed by atoms with van der Waals surface area (Å²) in [5.41, 5.74) is 5.98. The molecule has 0 aliphatic carbocycles. The van der Waals surface area contributed by atoms with Crippen LogP contribution < -0.4 is 5.73 Å². The molecule has 0 fully saturated rings. The van der Waals surface area contributed by atoms with Crippen molar-refractivity contribution in [2.75, 3.05) is 12.3 Å². The van der Waals surface area contributed by atoms with Gasteiger partial charge in [-0.2, -0.15) is 10.1 Å². The maximum atomic E-state index is 11.8. The van der Waals surface area contributed by atoms with Crippen molar-refractivity contribution in [2.24, 2.45) is 0 Å². The number of fused-ring (bicyclic) bond motifs is 1. The monoisotopic (exact) mass is 365 g/mol. The quantitative estimate of drug-likeness (QED) is 0.532. The van der Waals surface area contributed by atoms with Gasteiger partial charge in [0.05, 0.1) is 17.8 Å². The van der Waals surface area contributed by atoms with E-state index in [-0.39, 0.29) is 12.6 Å². The number of aliphatic hydroxyl groups is 1. The molecule has 3 rings (SSSR count). The maximum absolute atomic E-state index is 11.8. The Labute approximate surface area is 156 Å². The predicted octanol–water partition coefficient (Wildman–Crippen LogP) is 1.37. The number of carbonyl (C=O) groups is 1. The number of ether oxygens (including phenoxy) is 1. The number of hydrogen-bond donors (Lipinski definition) is 2. The maximum Gasteiger partial charge on any atom is 0.350 e. The molecule has 0 radical (unpaired) electrons. The van der Waals surface area contributed by atoms with Crippen molar-refractivity contribution in [1.82, 2.24) is 19.7 Å². The number of aryl methyl sites for hydroxylation is 1. The SMILES string of the molecule is CCOC(=O)C(C)(O)C#Cc1ccc2c(C)nn(-c3ccnc(N)n3)c2c1. The number of aromatic nitrogens is 4. The molecule has 0 amide bonds. The van der Waals surface area contributed by atoms with Gasteiger partial charge in [0.25, 0.3) is 0 Å². The molecule has 0 bridgehead atoms. The fourth-order valence-electron chi connectivity index (χ4n) is 2.52. The minimum Gasteiger partial charge on any atom is -0.463 e. The lowest BCUT2D eigenvalue weighted by molar-refractivity contribution is -0.157. The van der Waals surface area contributed by atoms with Crippen molar-refractivity contribution < 1.29 is 14.6 Å². The van der Waals surface area contributed by atoms with Gasteiger partial charge < -0.3 is 15.6 Å². The van der Waals surface area contributed by atoms with Crippen LogP contribution in [-0.2, 0) is 9.53 Å². The van der Waals surface area contributed by atoms with Crippen LogP contribution >= 0.6 is 0 Å². The number of esters is 1. The van der Waals surface area contributed by atoms with E-state index in [1.165, 1.54) is 6.92 Å². The fraction of sp³-hybridized carbons (Fsp3) is 0.263. The Morgan fingerprint density at radius 1 is 1.41 bits per heavy atom. The van der Waals surface area contributed by atoms with E-state index < -0.39 is 11.6 Å². The van der Waals surface area contributed by atoms with Crippen molar-refractivity contribution in [2.45, 2.75) is 26.4 Å². The van der Waals surface area contributed by atoms with Crippen LogP contribution in [-0.4, -0.2) is 43.0 Å². The molecule has 3 N–H and O–H groups in total. The van der Waals surface area contributed by atoms with Gasteiger partial charge in [0, 0.05) is 23.2 Å². The second-order valence-electron chi connectivity index (χ2n) is 6.04. The van der Waals surface area contributed by atoms with Crippen LogP contribution in [0, 0.1) is 18.8 Å². The molecule has 8 heteroatoms. The Morgan fingerprint density at radius 2 is 2.19 bits per heavy atom. The number of nitrogen functional groups attached to an aromatic ring is 1. The first-order valence-corrected chi connectivity index (χ1v) is 8.33. The zero-order valence-electron chi connectivity index (χ0n) is 15.2. The third-order valence-corrected chi connectivity index (χ3v) is 3.87. The summed E-state index contributed by atoms with van der Waals surface area (Å²) in [6.45, 7) is 5.02. The van der Waals surface area contributed by atoms with Crippen LogP contribution in [0.3, 0.4) is 0 Å². The molecule has 3 aromatic rings. The molecule has 0 aliphatic heterocycles. The zero-order chi connectivity index (χ0) is 19.6. The molecule has 2 heterocycles. The molecule has 8 nitrogen and oxygen atoms in total. The molecule has 138 valence electrons. The topological polar surface area (TPSA) is 116 Å². The van der Waals surface area contributed by atoms with Crippen LogP contribution in [0.5, 0.6) is 0 Å². The third kappa shape index (κ3) is 3.73. The second-order valence-corrected chi connectivity index (χ2v) is 6.04. The largest absolute Gasteiger partial charge is 0.463 e. The van der Waals surface area contributed by atoms with Crippen molar-refractivity contribution in [3.8, 4) is 17.7 Å². The van der Waals surface area contributed by atoms with Gasteiger partial charge >= 0.3 is 5.97 Å². The van der Waals surface area contributed by atoms with E-state index in [1.54, 1.807) is 29.9 Å². The standard InChI is InChI=1S/C19H19N5O3/c1-4-27-17(25)19(3,26)9-7-13-5-6-14-12(2)23-24(15(14)11-13)16-8-10-21-18(20)22-16/h5-6,8,10-11,26H,4H2,1-3H3,(H2,20,21,22). The molecule has 0 spiro atoms. The van der Waals surface area contributed by atoms with Gasteiger partial charge in [-0.05, 0) is 39.0 Å². The number of anilines is 1. The number of rotatable bonds is 3. The summed E-state index contributed by atoms with van der Waals surface area (Å²) in [6.07, 6.45) is 1.56. The minimum atomic E-state index is -1.89. The van der Waals surface area contributed by atoms with Crippen LogP contribution in [0.25, 0.3) is 16.7 Å². The molecule has 1 atom stereocenters. The molecule has 1 unspecified atom stereocenters. The van der Waals surface area contributed by atoms with Crippen LogP contribution in [0.2, 0.25) is 0 Å². The average Bonchev–Trinajstić information content (AvgIpc) is 2.96. The Bertz CT molecular complexity index is 1080. The van der Waals surface area contributed by atoms with E-state index in [0.717, 1.165) is 16.6 Å². The molecule has 0 saturated carbocycles. The molecule has 1 aromatic carbocycles. The van der Waals surface area contributed by atoms with Gasteiger partial charge in [-0.3, -0.25) is 0 Å². The van der Waals surface area contributed by atoms with Crippen molar-refractivity contribution in [1.29, 1.82) is 0 Å². The lowest BCUT2D eigenvalue weighted by Gasteiger charge is -2.13. The van der Waals surface area contributed by atoms with Crippen molar-refractivity contribution >= 4 is 22.8 Å². The van der Waals surface area contributed by atoms with E-state index in [9.17, 15) is 9.90 Å². The third-order valence-electron chi connectivity index (χ3n) is 3.87. The minimum absolute atomic E-state index is 0.148. The summed E-state index contributed by atoms with van der Waals surface area (Å²) in [5.74, 6) is 5.27. The Kier molecular flexibility index (Phi) is 4.79. The van der Waals surface area contributed by atoms with Crippen molar-refractivity contribution in [3.05, 3.63) is 41.7 Å². The van der Waals surface area contributed by atoms with E-state index in [0.29, 0.717) is 11.4 Å². The molecular formula is C19H19N5O3. The summed E-state index contributed by atoms with van der Waals surface area (Å²) >= 11 is 0. The average molecular weight is 365 g/mol. The first-order valence-electron chi connectivity index (χ1n) is 8.33. The highest BCUT2D eigenvalue weighted by atomic mass is 16.5. The first kappa shape index (κ1) is 18.4. The van der Waals surface area contributed by atoms with Crippen LogP contribution in [0.4, 0.5) is 5.95 Å². The highest BCUT2D eigenvalue weighted by Crippen LogP contribution is 2.22. The van der Waals surface area contributed by atoms with Gasteiger partial charge in [-0.25, -0.2) is 14.5 Å². The fourth-order valence-corrected chi connectivity index (χ4v) is 2.52. The molecular weight excluding hydrogens is 346 g/mol. The zero-order valence-corrected chi connectivity index (χ0v) is 15.2.